The molecule has 1 saturated heterocycles. The van der Waals surface area contributed by atoms with Crippen LogP contribution in [0.25, 0.3) is 6.08 Å². The molecule has 0 saturated carbocycles. The lowest BCUT2D eigenvalue weighted by molar-refractivity contribution is -0.385. The van der Waals surface area contributed by atoms with Crippen molar-refractivity contribution in [1.29, 1.82) is 0 Å². The van der Waals surface area contributed by atoms with E-state index in [1.54, 1.807) is 23.1 Å². The highest BCUT2D eigenvalue weighted by molar-refractivity contribution is 5.92. The van der Waals surface area contributed by atoms with Crippen LogP contribution >= 0.6 is 0 Å². The fraction of sp³-hybridized carbons (Fsp3) is 0.318. The maximum absolute atomic E-state index is 12.5. The number of benzene rings is 2. The molecule has 1 fully saturated rings. The quantitative estimate of drug-likeness (QED) is 0.444. The second kappa shape index (κ2) is 8.45. The summed E-state index contributed by atoms with van der Waals surface area (Å²) in [6, 6.07) is 12.8. The van der Waals surface area contributed by atoms with Crippen LogP contribution in [-0.4, -0.2) is 53.4 Å². The van der Waals surface area contributed by atoms with Crippen molar-refractivity contribution in [3.63, 3.8) is 0 Å². The number of nitro groups is 1. The van der Waals surface area contributed by atoms with Gasteiger partial charge in [-0.25, -0.2) is 0 Å². The van der Waals surface area contributed by atoms with Crippen LogP contribution in [0.3, 0.4) is 0 Å². The van der Waals surface area contributed by atoms with E-state index >= 15 is 0 Å². The van der Waals surface area contributed by atoms with Gasteiger partial charge in [-0.2, -0.15) is 0 Å². The van der Waals surface area contributed by atoms with E-state index in [0.29, 0.717) is 18.7 Å². The van der Waals surface area contributed by atoms with Gasteiger partial charge < -0.3 is 9.64 Å². The lowest BCUT2D eigenvalue weighted by atomic mass is 10.1. The Kier molecular flexibility index (Phi) is 5.57. The predicted molar refractivity (Wildman–Crippen MR) is 110 cm³/mol. The SMILES string of the molecule is O=C(/C=C/c1ccccc1[N+](=O)[O-])N1CCN(Cc2ccc3c(c2)CCO3)CC1. The Bertz CT molecular complexity index is 949. The molecule has 29 heavy (non-hydrogen) atoms. The van der Waals surface area contributed by atoms with Crippen LogP contribution in [0.15, 0.2) is 48.5 Å². The zero-order valence-electron chi connectivity index (χ0n) is 16.1. The molecule has 0 aliphatic carbocycles. The van der Waals surface area contributed by atoms with Gasteiger partial charge in [0.2, 0.25) is 5.91 Å². The number of hydrogen-bond acceptors (Lipinski definition) is 5. The number of amides is 1. The van der Waals surface area contributed by atoms with Crippen LogP contribution in [-0.2, 0) is 17.8 Å². The maximum Gasteiger partial charge on any atom is 0.276 e. The molecule has 2 aliphatic rings. The second-order valence-electron chi connectivity index (χ2n) is 7.29. The smallest absolute Gasteiger partial charge is 0.276 e. The monoisotopic (exact) mass is 393 g/mol. The van der Waals surface area contributed by atoms with Gasteiger partial charge >= 0.3 is 0 Å². The van der Waals surface area contributed by atoms with Gasteiger partial charge in [-0.1, -0.05) is 24.3 Å². The number of fused-ring (bicyclic) bond motifs is 1. The van der Waals surface area contributed by atoms with Crippen LogP contribution in [0.4, 0.5) is 5.69 Å². The average molecular weight is 393 g/mol. The molecule has 7 nitrogen and oxygen atoms in total. The highest BCUT2D eigenvalue weighted by Gasteiger charge is 2.21. The maximum atomic E-state index is 12.5. The largest absolute Gasteiger partial charge is 0.493 e. The summed E-state index contributed by atoms with van der Waals surface area (Å²) in [5, 5.41) is 11.1. The summed E-state index contributed by atoms with van der Waals surface area (Å²) in [7, 11) is 0. The fourth-order valence-electron chi connectivity index (χ4n) is 3.78. The van der Waals surface area contributed by atoms with E-state index in [4.69, 9.17) is 4.74 Å². The van der Waals surface area contributed by atoms with Gasteiger partial charge in [0, 0.05) is 51.3 Å². The second-order valence-corrected chi connectivity index (χ2v) is 7.29. The number of rotatable bonds is 5. The third-order valence-corrected chi connectivity index (χ3v) is 5.38. The van der Waals surface area contributed by atoms with Gasteiger partial charge in [-0.05, 0) is 29.3 Å². The molecule has 2 heterocycles. The topological polar surface area (TPSA) is 75.9 Å². The number of nitrogens with zero attached hydrogens (tertiary/aromatic N) is 3. The van der Waals surface area contributed by atoms with Crippen LogP contribution < -0.4 is 4.74 Å². The van der Waals surface area contributed by atoms with E-state index in [0.717, 1.165) is 38.4 Å². The van der Waals surface area contributed by atoms with Gasteiger partial charge in [0.05, 0.1) is 17.1 Å². The summed E-state index contributed by atoms with van der Waals surface area (Å²) in [6.45, 7) is 4.53. The lowest BCUT2D eigenvalue weighted by Crippen LogP contribution is -2.47. The number of carbonyl (C=O) groups is 1. The molecule has 7 heteroatoms. The van der Waals surface area contributed by atoms with Crippen molar-refractivity contribution in [2.75, 3.05) is 32.8 Å². The molecule has 0 bridgehead atoms. The molecule has 0 aromatic heterocycles. The van der Waals surface area contributed by atoms with Gasteiger partial charge in [0.15, 0.2) is 0 Å². The molecule has 1 amide bonds. The number of piperazine rings is 1. The van der Waals surface area contributed by atoms with Crippen molar-refractivity contribution in [3.05, 3.63) is 75.3 Å². The molecule has 2 aromatic rings. The van der Waals surface area contributed by atoms with Crippen molar-refractivity contribution in [2.45, 2.75) is 13.0 Å². The van der Waals surface area contributed by atoms with Crippen molar-refractivity contribution >= 4 is 17.7 Å². The minimum atomic E-state index is -0.436. The Labute approximate surface area is 169 Å². The lowest BCUT2D eigenvalue weighted by Gasteiger charge is -2.34. The third-order valence-electron chi connectivity index (χ3n) is 5.38. The van der Waals surface area contributed by atoms with E-state index in [2.05, 4.69) is 17.0 Å². The minimum absolute atomic E-state index is 0.00103. The number of para-hydroxylation sites is 1. The summed E-state index contributed by atoms with van der Waals surface area (Å²) >= 11 is 0. The Morgan fingerprint density at radius 1 is 1.14 bits per heavy atom. The van der Waals surface area contributed by atoms with Gasteiger partial charge in [0.1, 0.15) is 5.75 Å². The summed E-state index contributed by atoms with van der Waals surface area (Å²) < 4.78 is 5.56. The minimum Gasteiger partial charge on any atom is -0.493 e. The zero-order chi connectivity index (χ0) is 20.2. The predicted octanol–water partition coefficient (Wildman–Crippen LogP) is 2.89. The van der Waals surface area contributed by atoms with Crippen molar-refractivity contribution in [2.24, 2.45) is 0 Å². The number of ether oxygens (including phenoxy) is 1. The van der Waals surface area contributed by atoms with E-state index in [9.17, 15) is 14.9 Å². The van der Waals surface area contributed by atoms with Crippen LogP contribution in [0.2, 0.25) is 0 Å². The highest BCUT2D eigenvalue weighted by atomic mass is 16.6. The first-order chi connectivity index (χ1) is 14.1. The molecule has 0 N–H and O–H groups in total. The third kappa shape index (κ3) is 4.46. The normalized spacial score (nSPS) is 16.6. The fourth-order valence-corrected chi connectivity index (χ4v) is 3.78. The summed E-state index contributed by atoms with van der Waals surface area (Å²) in [6.07, 6.45) is 3.93. The highest BCUT2D eigenvalue weighted by Crippen LogP contribution is 2.26. The van der Waals surface area contributed by atoms with E-state index in [-0.39, 0.29) is 11.6 Å². The molecule has 0 spiro atoms. The van der Waals surface area contributed by atoms with E-state index in [1.807, 2.05) is 6.07 Å². The van der Waals surface area contributed by atoms with Crippen molar-refractivity contribution in [3.8, 4) is 5.75 Å². The van der Waals surface area contributed by atoms with E-state index < -0.39 is 4.92 Å². The van der Waals surface area contributed by atoms with Crippen LogP contribution in [0, 0.1) is 10.1 Å². The zero-order valence-corrected chi connectivity index (χ0v) is 16.1. The molecule has 0 radical (unpaired) electrons. The molecule has 150 valence electrons. The molecule has 0 atom stereocenters. The Morgan fingerprint density at radius 3 is 2.72 bits per heavy atom. The molecular formula is C22H23N3O4. The van der Waals surface area contributed by atoms with Gasteiger partial charge in [-0.15, -0.1) is 0 Å². The summed E-state index contributed by atoms with van der Waals surface area (Å²) in [5.74, 6) is 0.882. The van der Waals surface area contributed by atoms with Crippen LogP contribution in [0.1, 0.15) is 16.7 Å². The average Bonchev–Trinajstić information content (AvgIpc) is 3.20. The first-order valence-electron chi connectivity index (χ1n) is 9.77. The number of hydrogen-bond donors (Lipinski definition) is 0. The molecule has 2 aromatic carbocycles. The Balaban J connectivity index is 1.31. The Morgan fingerprint density at radius 2 is 1.93 bits per heavy atom. The standard InChI is InChI=1S/C22H23N3O4/c26-22(8-6-18-3-1-2-4-20(18)25(27)28)24-12-10-23(11-13-24)16-17-5-7-21-19(15-17)9-14-29-21/h1-8,15H,9-14,16H2/b8-6+. The summed E-state index contributed by atoms with van der Waals surface area (Å²) in [5.41, 5.74) is 2.98. The van der Waals surface area contributed by atoms with Gasteiger partial charge in [0.25, 0.3) is 5.69 Å². The first kappa shape index (κ1) is 19.1. The first-order valence-corrected chi connectivity index (χ1v) is 9.77. The van der Waals surface area contributed by atoms with Crippen molar-refractivity contribution < 1.29 is 14.5 Å². The molecule has 2 aliphatic heterocycles. The number of carbonyl (C=O) groups excluding carboxylic acids is 1. The summed E-state index contributed by atoms with van der Waals surface area (Å²) in [4.78, 5) is 27.3. The number of nitro benzene ring substituents is 1. The Hall–Kier alpha value is -3.19. The van der Waals surface area contributed by atoms with E-state index in [1.165, 1.54) is 29.3 Å². The van der Waals surface area contributed by atoms with Crippen molar-refractivity contribution in [1.82, 2.24) is 9.80 Å². The van der Waals surface area contributed by atoms with Gasteiger partial charge in [-0.3, -0.25) is 19.8 Å². The molecular weight excluding hydrogens is 370 g/mol. The van der Waals surface area contributed by atoms with Crippen LogP contribution in [0.5, 0.6) is 5.75 Å². The molecule has 0 unspecified atom stereocenters. The molecule has 4 rings (SSSR count).